The molecule has 4 N–H and O–H groups in total. The third kappa shape index (κ3) is 13.2. The van der Waals surface area contributed by atoms with E-state index in [9.17, 15) is 5.11 Å². The largest absolute Gasteiger partial charge is 0.507 e. The van der Waals surface area contributed by atoms with Crippen LogP contribution in [0, 0.1) is 3.57 Å². The molecule has 1 heterocycles. The molecule has 0 fully saturated rings. The van der Waals surface area contributed by atoms with E-state index in [0.717, 1.165) is 55.1 Å². The molecule has 0 radical (unpaired) electrons. The number of halogens is 7. The number of furan rings is 1. The number of aromatic hydroxyl groups is 2. The van der Waals surface area contributed by atoms with Crippen molar-refractivity contribution in [2.45, 2.75) is 22.3 Å². The molecule has 0 saturated heterocycles. The second kappa shape index (κ2) is 22.8. The monoisotopic (exact) mass is 1060 g/mol. The van der Waals surface area contributed by atoms with Crippen molar-refractivity contribution in [3.05, 3.63) is 153 Å². The van der Waals surface area contributed by atoms with Crippen LogP contribution in [0.25, 0.3) is 33.1 Å². The molecular weight excluding hydrogens is 1030 g/mol. The maximum Gasteiger partial charge on any atom is 0.489 e. The van der Waals surface area contributed by atoms with Crippen molar-refractivity contribution in [1.29, 1.82) is 0 Å². The van der Waals surface area contributed by atoms with Crippen LogP contribution in [-0.4, -0.2) is 27.4 Å². The van der Waals surface area contributed by atoms with Crippen molar-refractivity contribution >= 4 is 140 Å². The zero-order valence-electron chi connectivity index (χ0n) is 25.0. The van der Waals surface area contributed by atoms with Gasteiger partial charge in [-0.05, 0) is 101 Å². The quantitative estimate of drug-likeness (QED) is 0.102. The van der Waals surface area contributed by atoms with Crippen LogP contribution in [0.4, 0.5) is 0 Å². The molecule has 0 saturated carbocycles. The minimum absolute atomic E-state index is 0. The maximum atomic E-state index is 9.73. The van der Waals surface area contributed by atoms with E-state index in [1.165, 1.54) is 0 Å². The summed E-state index contributed by atoms with van der Waals surface area (Å²) in [6, 6.07) is 36.2. The predicted octanol–water partition coefficient (Wildman–Crippen LogP) is 14.2. The number of phenolic OH excluding ortho intramolecular Hbond substituents is 2. The van der Waals surface area contributed by atoms with Crippen LogP contribution in [0.1, 0.15) is 22.3 Å². The first-order chi connectivity index (χ1) is 23.3. The Bertz CT molecular complexity index is 2200. The second-order valence-corrected chi connectivity index (χ2v) is 15.1. The highest BCUT2D eigenvalue weighted by Crippen LogP contribution is 2.36. The Morgan fingerprint density at radius 2 is 1.08 bits per heavy atom. The average Bonchev–Trinajstić information content (AvgIpc) is 3.44. The van der Waals surface area contributed by atoms with Gasteiger partial charge in [0.1, 0.15) is 22.7 Å². The van der Waals surface area contributed by atoms with Crippen molar-refractivity contribution in [3.8, 4) is 22.6 Å². The highest BCUT2D eigenvalue weighted by molar-refractivity contribution is 14.1. The molecule has 274 valence electrons. The summed E-state index contributed by atoms with van der Waals surface area (Å²) in [7, 11) is -1.48. The topological polar surface area (TPSA) is 94.1 Å². The Labute approximate surface area is 359 Å². The first-order valence-corrected chi connectivity index (χ1v) is 18.7. The summed E-state index contributed by atoms with van der Waals surface area (Å²) in [4.78, 5) is 0. The van der Waals surface area contributed by atoms with Gasteiger partial charge >= 0.3 is 7.12 Å². The SMILES string of the molecule is C.C.C.Clc1cccc2oc3ccc(Br)cc3c12.OB(O)c1ccccc1Cl.Oc1ccc(Br)cc1-c1ccccc1Cl.Oc1ccc(Br)cc1I. The van der Waals surface area contributed by atoms with Gasteiger partial charge in [0.25, 0.3) is 0 Å². The first kappa shape index (κ1) is 47.8. The molecule has 0 aliphatic carbocycles. The van der Waals surface area contributed by atoms with Crippen molar-refractivity contribution in [2.75, 3.05) is 0 Å². The fraction of sp³-hybridized carbons (Fsp3) is 0.0769. The van der Waals surface area contributed by atoms with Gasteiger partial charge in [-0.2, -0.15) is 0 Å². The van der Waals surface area contributed by atoms with Gasteiger partial charge in [-0.3, -0.25) is 0 Å². The predicted molar refractivity (Wildman–Crippen MR) is 243 cm³/mol. The number of fused-ring (bicyclic) bond motifs is 3. The van der Waals surface area contributed by atoms with E-state index < -0.39 is 7.12 Å². The number of hydrogen-bond acceptors (Lipinski definition) is 5. The number of phenols is 2. The van der Waals surface area contributed by atoms with Crippen LogP contribution < -0.4 is 5.46 Å². The zero-order chi connectivity index (χ0) is 35.7. The fourth-order valence-corrected chi connectivity index (χ4v) is 7.09. The maximum absolute atomic E-state index is 9.73. The minimum atomic E-state index is -1.48. The smallest absolute Gasteiger partial charge is 0.489 e. The van der Waals surface area contributed by atoms with Gasteiger partial charge in [-0.1, -0.05) is 147 Å². The molecule has 0 unspecified atom stereocenters. The van der Waals surface area contributed by atoms with Crippen molar-refractivity contribution in [3.63, 3.8) is 0 Å². The van der Waals surface area contributed by atoms with Crippen LogP contribution in [0.15, 0.2) is 139 Å². The van der Waals surface area contributed by atoms with Gasteiger partial charge < -0.3 is 24.7 Å². The van der Waals surface area contributed by atoms with E-state index in [0.29, 0.717) is 21.3 Å². The Morgan fingerprint density at radius 3 is 1.65 bits per heavy atom. The molecule has 0 atom stereocenters. The molecule has 13 heteroatoms. The van der Waals surface area contributed by atoms with Gasteiger partial charge in [0, 0.05) is 50.8 Å². The molecule has 6 aromatic carbocycles. The Balaban J connectivity index is 0.000000348. The summed E-state index contributed by atoms with van der Waals surface area (Å²) >= 11 is 30.0. The highest BCUT2D eigenvalue weighted by atomic mass is 127. The van der Waals surface area contributed by atoms with Gasteiger partial charge in [0.2, 0.25) is 0 Å². The summed E-state index contributed by atoms with van der Waals surface area (Å²) < 4.78 is 9.47. The molecule has 7 aromatic rings. The van der Waals surface area contributed by atoms with Gasteiger partial charge in [-0.15, -0.1) is 0 Å². The van der Waals surface area contributed by atoms with Crippen molar-refractivity contribution < 1.29 is 24.7 Å². The molecular formula is C39H36BBr3Cl3IO5. The number of rotatable bonds is 2. The van der Waals surface area contributed by atoms with E-state index in [2.05, 4.69) is 70.4 Å². The number of hydrogen-bond donors (Lipinski definition) is 4. The molecule has 7 rings (SSSR count). The molecule has 0 amide bonds. The molecule has 0 aliphatic heterocycles. The average molecular weight is 1070 g/mol. The van der Waals surface area contributed by atoms with Crippen molar-refractivity contribution in [2.24, 2.45) is 0 Å². The Kier molecular flexibility index (Phi) is 21.0. The highest BCUT2D eigenvalue weighted by Gasteiger charge is 2.13. The molecule has 0 aliphatic rings. The molecule has 52 heavy (non-hydrogen) atoms. The summed E-state index contributed by atoms with van der Waals surface area (Å²) in [5, 5.41) is 39.9. The summed E-state index contributed by atoms with van der Waals surface area (Å²) in [6.07, 6.45) is 0. The minimum Gasteiger partial charge on any atom is -0.507 e. The molecule has 5 nitrogen and oxygen atoms in total. The number of benzene rings is 6. The lowest BCUT2D eigenvalue weighted by Crippen LogP contribution is -2.30. The lowest BCUT2D eigenvalue weighted by Gasteiger charge is -2.07. The van der Waals surface area contributed by atoms with Crippen molar-refractivity contribution in [1.82, 2.24) is 0 Å². The van der Waals surface area contributed by atoms with Gasteiger partial charge in [0.05, 0.1) is 8.59 Å². The van der Waals surface area contributed by atoms with Crippen LogP contribution in [0.3, 0.4) is 0 Å². The van der Waals surface area contributed by atoms with E-state index in [4.69, 9.17) is 54.4 Å². The lowest BCUT2D eigenvalue weighted by atomic mass is 9.80. The van der Waals surface area contributed by atoms with Crippen LogP contribution in [0.2, 0.25) is 15.1 Å². The Hall–Kier alpha value is -2.26. The van der Waals surface area contributed by atoms with Crippen LogP contribution in [0.5, 0.6) is 11.5 Å². The zero-order valence-corrected chi connectivity index (χ0v) is 34.2. The molecule has 0 spiro atoms. The third-order valence-corrected chi connectivity index (χ3v) is 9.95. The fourth-order valence-electron chi connectivity index (χ4n) is 4.33. The van der Waals surface area contributed by atoms with E-state index in [1.54, 1.807) is 54.6 Å². The standard InChI is InChI=1S/C12H6BrClO.C12H8BrClO.C6H6BClO2.C6H4BrIO.3CH4/c13-7-4-5-10-8(6-7)12-9(14)2-1-3-11(12)15-10;13-8-5-6-12(15)10(7-8)9-3-1-2-4-11(9)14;8-6-4-2-1-3-5(6)7(9)10;7-4-1-2-6(9)5(8)3-4;;;/h1-6H;1-7,15H;1-4,9-10H;1-3,9H;3*1H4. The van der Waals surface area contributed by atoms with Crippen LogP contribution in [-0.2, 0) is 0 Å². The molecule has 0 bridgehead atoms. The molecule has 1 aromatic heterocycles. The first-order valence-electron chi connectivity index (χ1n) is 14.1. The second-order valence-electron chi connectivity index (χ2n) is 9.99. The lowest BCUT2D eigenvalue weighted by molar-refractivity contribution is 0.426. The summed E-state index contributed by atoms with van der Waals surface area (Å²) in [6.45, 7) is 0. The van der Waals surface area contributed by atoms with E-state index >= 15 is 0 Å². The normalized spacial score (nSPS) is 9.71. The van der Waals surface area contributed by atoms with Gasteiger partial charge in [-0.25, -0.2) is 0 Å². The third-order valence-electron chi connectivity index (χ3n) is 6.62. The van der Waals surface area contributed by atoms with E-state index in [1.807, 2.05) is 66.7 Å². The Morgan fingerprint density at radius 1 is 0.538 bits per heavy atom. The summed E-state index contributed by atoms with van der Waals surface area (Å²) in [5.41, 5.74) is 3.59. The summed E-state index contributed by atoms with van der Waals surface area (Å²) in [5.74, 6) is 0.560. The van der Waals surface area contributed by atoms with E-state index in [-0.39, 0.29) is 28.0 Å². The van der Waals surface area contributed by atoms with Crippen LogP contribution >= 0.6 is 105 Å². The van der Waals surface area contributed by atoms with Gasteiger partial charge in [0.15, 0.2) is 0 Å².